The van der Waals surface area contributed by atoms with Crippen molar-refractivity contribution in [3.8, 4) is 0 Å². The van der Waals surface area contributed by atoms with E-state index in [2.05, 4.69) is 19.2 Å². The quantitative estimate of drug-likeness (QED) is 0.834. The summed E-state index contributed by atoms with van der Waals surface area (Å²) in [5.74, 6) is 0.703. The average Bonchev–Trinajstić information content (AvgIpc) is 2.64. The molecule has 4 atom stereocenters. The first-order valence-corrected chi connectivity index (χ1v) is 8.58. The Balaban J connectivity index is 1.92. The van der Waals surface area contributed by atoms with Gasteiger partial charge in [-0.25, -0.2) is 8.42 Å². The number of rotatable bonds is 2. The summed E-state index contributed by atoms with van der Waals surface area (Å²) in [6.45, 7) is 5.78. The fraction of sp³-hybridized carbons (Fsp3) is 0.714. The molecule has 3 aliphatic rings. The molecule has 5 heteroatoms. The number of nitrogens with one attached hydrogen (secondary N) is 1. The highest BCUT2D eigenvalue weighted by atomic mass is 32.2. The molecule has 2 heterocycles. The Morgan fingerprint density at radius 2 is 1.79 bits per heavy atom. The smallest absolute Gasteiger partial charge is 0.243 e. The van der Waals surface area contributed by atoms with Crippen LogP contribution < -0.4 is 5.32 Å². The number of nitrogens with zero attached hydrogens (tertiary/aromatic N) is 1. The lowest BCUT2D eigenvalue weighted by Gasteiger charge is -2.35. The molecule has 2 saturated heterocycles. The fourth-order valence-electron chi connectivity index (χ4n) is 3.31. The predicted octanol–water partition coefficient (Wildman–Crippen LogP) is 1.48. The van der Waals surface area contributed by atoms with Crippen molar-refractivity contribution in [1.82, 2.24) is 9.62 Å². The molecule has 19 heavy (non-hydrogen) atoms. The number of fused-ring (bicyclic) bond motifs is 2. The zero-order valence-electron chi connectivity index (χ0n) is 11.5. The molecule has 0 radical (unpaired) electrons. The molecule has 0 saturated carbocycles. The van der Waals surface area contributed by atoms with Gasteiger partial charge in [-0.3, -0.25) is 0 Å². The minimum absolute atomic E-state index is 0.146. The number of allylic oxidation sites excluding steroid dienone is 3. The molecule has 1 N–H and O–H groups in total. The van der Waals surface area contributed by atoms with Gasteiger partial charge in [0.05, 0.1) is 4.91 Å². The summed E-state index contributed by atoms with van der Waals surface area (Å²) in [6.07, 6.45) is 7.70. The fourth-order valence-corrected chi connectivity index (χ4v) is 5.34. The average molecular weight is 282 g/mol. The van der Waals surface area contributed by atoms with E-state index in [0.29, 0.717) is 10.8 Å². The van der Waals surface area contributed by atoms with Gasteiger partial charge in [0.15, 0.2) is 0 Å². The molecule has 0 aromatic carbocycles. The van der Waals surface area contributed by atoms with Crippen molar-refractivity contribution >= 4 is 10.0 Å². The van der Waals surface area contributed by atoms with Crippen LogP contribution in [0.1, 0.15) is 26.7 Å². The van der Waals surface area contributed by atoms with Crippen LogP contribution in [-0.2, 0) is 10.0 Å². The van der Waals surface area contributed by atoms with Gasteiger partial charge in [-0.1, -0.05) is 26.0 Å². The van der Waals surface area contributed by atoms with Crippen molar-refractivity contribution in [3.63, 3.8) is 0 Å². The summed E-state index contributed by atoms with van der Waals surface area (Å²) in [6, 6.07) is 0.292. The van der Waals surface area contributed by atoms with Crippen LogP contribution >= 0.6 is 0 Å². The van der Waals surface area contributed by atoms with Crippen molar-refractivity contribution in [3.05, 3.63) is 23.1 Å². The molecule has 106 valence electrons. The molecule has 2 bridgehead atoms. The maximum atomic E-state index is 12.8. The van der Waals surface area contributed by atoms with Crippen LogP contribution in [0, 0.1) is 11.8 Å². The molecule has 0 aromatic rings. The molecule has 3 rings (SSSR count). The first-order chi connectivity index (χ1) is 9.00. The Morgan fingerprint density at radius 1 is 1.16 bits per heavy atom. The van der Waals surface area contributed by atoms with Crippen LogP contribution in [0.4, 0.5) is 0 Å². The van der Waals surface area contributed by atoms with Gasteiger partial charge in [0.25, 0.3) is 0 Å². The molecule has 4 unspecified atom stereocenters. The van der Waals surface area contributed by atoms with Gasteiger partial charge in [0.1, 0.15) is 0 Å². The Bertz CT molecular complexity index is 508. The van der Waals surface area contributed by atoms with Crippen LogP contribution in [0.2, 0.25) is 0 Å². The first kappa shape index (κ1) is 13.3. The van der Waals surface area contributed by atoms with E-state index in [4.69, 9.17) is 0 Å². The maximum Gasteiger partial charge on any atom is 0.243 e. The highest BCUT2D eigenvalue weighted by Crippen LogP contribution is 2.35. The van der Waals surface area contributed by atoms with Crippen molar-refractivity contribution < 1.29 is 8.42 Å². The third-order valence-electron chi connectivity index (χ3n) is 4.71. The highest BCUT2D eigenvalue weighted by Gasteiger charge is 2.44. The van der Waals surface area contributed by atoms with E-state index in [1.54, 1.807) is 10.4 Å². The summed E-state index contributed by atoms with van der Waals surface area (Å²) in [5, 5.41) is 3.32. The van der Waals surface area contributed by atoms with E-state index in [-0.39, 0.29) is 18.0 Å². The highest BCUT2D eigenvalue weighted by molar-refractivity contribution is 7.93. The zero-order chi connectivity index (χ0) is 13.6. The molecule has 0 aromatic heterocycles. The summed E-state index contributed by atoms with van der Waals surface area (Å²) in [4.78, 5) is 0.497. The Labute approximate surface area is 115 Å². The molecule has 2 fully saturated rings. The van der Waals surface area contributed by atoms with Crippen LogP contribution in [-0.4, -0.2) is 37.9 Å². The second-order valence-electron chi connectivity index (χ2n) is 6.02. The number of piperazine rings is 1. The second-order valence-corrected chi connectivity index (χ2v) is 7.87. The molecular weight excluding hydrogens is 260 g/mol. The molecular formula is C14H22N2O2S. The second kappa shape index (κ2) is 4.72. The summed E-state index contributed by atoms with van der Waals surface area (Å²) in [5.41, 5.74) is 0. The first-order valence-electron chi connectivity index (χ1n) is 7.14. The van der Waals surface area contributed by atoms with Gasteiger partial charge >= 0.3 is 0 Å². The van der Waals surface area contributed by atoms with Gasteiger partial charge in [-0.05, 0) is 30.8 Å². The van der Waals surface area contributed by atoms with E-state index in [1.165, 1.54) is 0 Å². The van der Waals surface area contributed by atoms with E-state index in [0.717, 1.165) is 25.9 Å². The van der Waals surface area contributed by atoms with Crippen LogP contribution in [0.15, 0.2) is 23.1 Å². The van der Waals surface area contributed by atoms with E-state index >= 15 is 0 Å². The lowest BCUT2D eigenvalue weighted by molar-refractivity contribution is 0.265. The van der Waals surface area contributed by atoms with Gasteiger partial charge in [-0.15, -0.1) is 0 Å². The standard InChI is InChI=1S/C14H22N2O2S/c1-10-3-6-14(7-11(10)2)19(17,18)16-12-4-5-13(16)9-15-8-12/h3,6-7,10-13,15H,4-5,8-9H2,1-2H3. The number of hydrogen-bond acceptors (Lipinski definition) is 3. The predicted molar refractivity (Wildman–Crippen MR) is 76.0 cm³/mol. The monoisotopic (exact) mass is 282 g/mol. The molecule has 0 spiro atoms. The minimum Gasteiger partial charge on any atom is -0.314 e. The van der Waals surface area contributed by atoms with Crippen LogP contribution in [0.5, 0.6) is 0 Å². The Morgan fingerprint density at radius 3 is 2.37 bits per heavy atom. The lowest BCUT2D eigenvalue weighted by Crippen LogP contribution is -2.54. The van der Waals surface area contributed by atoms with Crippen LogP contribution in [0.3, 0.4) is 0 Å². The van der Waals surface area contributed by atoms with Gasteiger partial charge in [-0.2, -0.15) is 4.31 Å². The molecule has 0 amide bonds. The maximum absolute atomic E-state index is 12.8. The van der Waals surface area contributed by atoms with E-state index < -0.39 is 10.0 Å². The summed E-state index contributed by atoms with van der Waals surface area (Å²) in [7, 11) is -3.31. The third-order valence-corrected chi connectivity index (χ3v) is 6.73. The van der Waals surface area contributed by atoms with Crippen LogP contribution in [0.25, 0.3) is 0 Å². The molecule has 1 aliphatic carbocycles. The van der Waals surface area contributed by atoms with Crippen molar-refractivity contribution in [2.75, 3.05) is 13.1 Å². The van der Waals surface area contributed by atoms with E-state index in [1.807, 2.05) is 12.2 Å². The van der Waals surface area contributed by atoms with Gasteiger partial charge in [0, 0.05) is 25.2 Å². The number of sulfonamides is 1. The Hall–Kier alpha value is -0.650. The molecule has 4 nitrogen and oxygen atoms in total. The third kappa shape index (κ3) is 2.18. The zero-order valence-corrected chi connectivity index (χ0v) is 12.4. The minimum atomic E-state index is -3.31. The van der Waals surface area contributed by atoms with Crippen molar-refractivity contribution in [2.45, 2.75) is 38.8 Å². The molecule has 2 aliphatic heterocycles. The van der Waals surface area contributed by atoms with Gasteiger partial charge in [0.2, 0.25) is 10.0 Å². The Kier molecular flexibility index (Phi) is 3.31. The topological polar surface area (TPSA) is 49.4 Å². The van der Waals surface area contributed by atoms with E-state index in [9.17, 15) is 8.42 Å². The van der Waals surface area contributed by atoms with Gasteiger partial charge < -0.3 is 5.32 Å². The van der Waals surface area contributed by atoms with Crippen molar-refractivity contribution in [2.24, 2.45) is 11.8 Å². The SMILES string of the molecule is CC1C=CC(S(=O)(=O)N2C3CCC2CNC3)=CC1C. The lowest BCUT2D eigenvalue weighted by atomic mass is 9.92. The summed E-state index contributed by atoms with van der Waals surface area (Å²) >= 11 is 0. The normalized spacial score (nSPS) is 39.4. The largest absolute Gasteiger partial charge is 0.314 e. The summed E-state index contributed by atoms with van der Waals surface area (Å²) < 4.78 is 27.4. The number of hydrogen-bond donors (Lipinski definition) is 1. The van der Waals surface area contributed by atoms with Crippen molar-refractivity contribution in [1.29, 1.82) is 0 Å².